The lowest BCUT2D eigenvalue weighted by Crippen LogP contribution is -2.38. The summed E-state index contributed by atoms with van der Waals surface area (Å²) < 4.78 is 56.1. The van der Waals surface area contributed by atoms with E-state index in [0.29, 0.717) is 17.9 Å². The van der Waals surface area contributed by atoms with Crippen LogP contribution in [-0.2, 0) is 20.0 Å². The molecule has 0 aromatic heterocycles. The van der Waals surface area contributed by atoms with Crippen molar-refractivity contribution in [1.29, 1.82) is 0 Å². The highest BCUT2D eigenvalue weighted by Crippen LogP contribution is 2.22. The van der Waals surface area contributed by atoms with Gasteiger partial charge in [0.15, 0.2) is 0 Å². The molecule has 0 heterocycles. The van der Waals surface area contributed by atoms with Crippen LogP contribution in [0.3, 0.4) is 0 Å². The predicted molar refractivity (Wildman–Crippen MR) is 91.9 cm³/mol. The van der Waals surface area contributed by atoms with Crippen LogP contribution in [0.5, 0.6) is 5.75 Å². The number of benzene rings is 1. The van der Waals surface area contributed by atoms with Crippen molar-refractivity contribution in [1.82, 2.24) is 4.72 Å². The molecule has 0 spiro atoms. The Morgan fingerprint density at radius 3 is 2.48 bits per heavy atom. The molecular weight excluding hydrogens is 340 g/mol. The van der Waals surface area contributed by atoms with Crippen LogP contribution in [0.1, 0.15) is 19.8 Å². The van der Waals surface area contributed by atoms with Gasteiger partial charge in [0.05, 0.1) is 24.8 Å². The SMILES string of the molecule is CCCCS(=O)(=O)NCCN(c1cccc(OC)c1)S(C)(=O)=O. The number of rotatable bonds is 10. The highest BCUT2D eigenvalue weighted by Gasteiger charge is 2.19. The third kappa shape index (κ3) is 6.76. The molecule has 1 N–H and O–H groups in total. The van der Waals surface area contributed by atoms with E-state index >= 15 is 0 Å². The van der Waals surface area contributed by atoms with Crippen molar-refractivity contribution in [2.75, 3.05) is 36.5 Å². The van der Waals surface area contributed by atoms with E-state index in [4.69, 9.17) is 4.74 Å². The van der Waals surface area contributed by atoms with Gasteiger partial charge in [-0.1, -0.05) is 19.4 Å². The quantitative estimate of drug-likeness (QED) is 0.673. The molecule has 0 bridgehead atoms. The zero-order chi connectivity index (χ0) is 17.5. The summed E-state index contributed by atoms with van der Waals surface area (Å²) in [6.45, 7) is 1.93. The summed E-state index contributed by atoms with van der Waals surface area (Å²) in [6, 6.07) is 6.61. The van der Waals surface area contributed by atoms with Gasteiger partial charge in [0.1, 0.15) is 5.75 Å². The smallest absolute Gasteiger partial charge is 0.232 e. The Morgan fingerprint density at radius 2 is 1.91 bits per heavy atom. The fourth-order valence-corrected chi connectivity index (χ4v) is 4.10. The normalized spacial score (nSPS) is 12.1. The van der Waals surface area contributed by atoms with E-state index in [9.17, 15) is 16.8 Å². The van der Waals surface area contributed by atoms with Gasteiger partial charge in [0.2, 0.25) is 20.0 Å². The summed E-state index contributed by atoms with van der Waals surface area (Å²) in [5, 5.41) is 0. The Morgan fingerprint density at radius 1 is 1.22 bits per heavy atom. The number of nitrogens with zero attached hydrogens (tertiary/aromatic N) is 1. The summed E-state index contributed by atoms with van der Waals surface area (Å²) in [5.41, 5.74) is 0.430. The monoisotopic (exact) mass is 364 g/mol. The molecule has 7 nitrogen and oxygen atoms in total. The van der Waals surface area contributed by atoms with Gasteiger partial charge in [-0.3, -0.25) is 4.31 Å². The Kier molecular flexibility index (Phi) is 7.30. The minimum atomic E-state index is -3.53. The van der Waals surface area contributed by atoms with E-state index in [1.54, 1.807) is 24.3 Å². The van der Waals surface area contributed by atoms with Gasteiger partial charge in [-0.25, -0.2) is 21.6 Å². The number of hydrogen-bond donors (Lipinski definition) is 1. The minimum absolute atomic E-state index is 0.0102. The third-order valence-corrected chi connectivity index (χ3v) is 5.81. The fraction of sp³-hybridized carbons (Fsp3) is 0.571. The summed E-state index contributed by atoms with van der Waals surface area (Å²) >= 11 is 0. The van der Waals surface area contributed by atoms with Crippen LogP contribution < -0.4 is 13.8 Å². The molecule has 0 aliphatic rings. The lowest BCUT2D eigenvalue weighted by Gasteiger charge is -2.23. The van der Waals surface area contributed by atoms with E-state index in [0.717, 1.165) is 17.0 Å². The van der Waals surface area contributed by atoms with Gasteiger partial charge in [-0.05, 0) is 18.6 Å². The number of hydrogen-bond acceptors (Lipinski definition) is 5. The summed E-state index contributed by atoms with van der Waals surface area (Å²) in [7, 11) is -5.42. The summed E-state index contributed by atoms with van der Waals surface area (Å²) in [6.07, 6.45) is 2.43. The van der Waals surface area contributed by atoms with Crippen molar-refractivity contribution < 1.29 is 21.6 Å². The van der Waals surface area contributed by atoms with Crippen LogP contribution in [-0.4, -0.2) is 49.0 Å². The Bertz CT molecular complexity index is 702. The summed E-state index contributed by atoms with van der Waals surface area (Å²) in [4.78, 5) is 0. The second-order valence-corrected chi connectivity index (χ2v) is 8.94. The number of sulfonamides is 2. The van der Waals surface area contributed by atoms with Crippen molar-refractivity contribution in [3.8, 4) is 5.75 Å². The average molecular weight is 364 g/mol. The minimum Gasteiger partial charge on any atom is -0.497 e. The molecule has 1 rings (SSSR count). The lowest BCUT2D eigenvalue weighted by molar-refractivity contribution is 0.415. The maximum absolute atomic E-state index is 12.0. The molecule has 1 aromatic carbocycles. The number of nitrogens with one attached hydrogen (secondary N) is 1. The van der Waals surface area contributed by atoms with Gasteiger partial charge in [0, 0.05) is 19.2 Å². The topological polar surface area (TPSA) is 92.8 Å². The van der Waals surface area contributed by atoms with E-state index < -0.39 is 20.0 Å². The molecule has 0 fully saturated rings. The van der Waals surface area contributed by atoms with E-state index in [2.05, 4.69) is 4.72 Å². The highest BCUT2D eigenvalue weighted by molar-refractivity contribution is 7.92. The van der Waals surface area contributed by atoms with E-state index in [1.165, 1.54) is 7.11 Å². The largest absolute Gasteiger partial charge is 0.497 e. The van der Waals surface area contributed by atoms with E-state index in [1.807, 2.05) is 6.92 Å². The van der Waals surface area contributed by atoms with Gasteiger partial charge < -0.3 is 4.74 Å². The molecule has 23 heavy (non-hydrogen) atoms. The number of unbranched alkanes of at least 4 members (excludes halogenated alkanes) is 1. The number of anilines is 1. The lowest BCUT2D eigenvalue weighted by atomic mass is 10.3. The van der Waals surface area contributed by atoms with Crippen molar-refractivity contribution in [2.24, 2.45) is 0 Å². The Labute approximate surface area is 138 Å². The zero-order valence-electron chi connectivity index (χ0n) is 13.6. The molecule has 0 atom stereocenters. The van der Waals surface area contributed by atoms with Gasteiger partial charge in [-0.2, -0.15) is 0 Å². The first-order chi connectivity index (χ1) is 10.7. The van der Waals surface area contributed by atoms with Crippen LogP contribution in [0.25, 0.3) is 0 Å². The molecule has 9 heteroatoms. The molecule has 0 radical (unpaired) electrons. The fourth-order valence-electron chi connectivity index (χ4n) is 1.96. The molecule has 132 valence electrons. The predicted octanol–water partition coefficient (Wildman–Crippen LogP) is 1.18. The van der Waals surface area contributed by atoms with Crippen LogP contribution in [0.15, 0.2) is 24.3 Å². The van der Waals surface area contributed by atoms with Gasteiger partial charge in [0.25, 0.3) is 0 Å². The Hall–Kier alpha value is -1.32. The standard InChI is InChI=1S/C14H24N2O5S2/c1-4-5-11-23(19,20)15-9-10-16(22(3,17)18)13-7-6-8-14(12-13)21-2/h6-8,12,15H,4-5,9-11H2,1-3H3. The first-order valence-corrected chi connectivity index (χ1v) is 10.8. The molecule has 0 saturated heterocycles. The van der Waals surface area contributed by atoms with Crippen LogP contribution >= 0.6 is 0 Å². The third-order valence-electron chi connectivity index (χ3n) is 3.15. The van der Waals surface area contributed by atoms with Gasteiger partial charge in [-0.15, -0.1) is 0 Å². The molecule has 0 unspecified atom stereocenters. The molecule has 0 aliphatic carbocycles. The maximum atomic E-state index is 12.0. The molecule has 0 amide bonds. The molecule has 1 aromatic rings. The number of ether oxygens (including phenoxy) is 1. The number of methoxy groups -OCH3 is 1. The first kappa shape index (κ1) is 19.7. The van der Waals surface area contributed by atoms with Crippen molar-refractivity contribution >= 4 is 25.7 Å². The molecule has 0 aliphatic heterocycles. The maximum Gasteiger partial charge on any atom is 0.232 e. The highest BCUT2D eigenvalue weighted by atomic mass is 32.2. The average Bonchev–Trinajstić information content (AvgIpc) is 2.48. The molecule has 0 saturated carbocycles. The van der Waals surface area contributed by atoms with Crippen LogP contribution in [0.4, 0.5) is 5.69 Å². The second-order valence-electron chi connectivity index (χ2n) is 5.10. The van der Waals surface area contributed by atoms with Crippen molar-refractivity contribution in [3.63, 3.8) is 0 Å². The second kappa shape index (κ2) is 8.51. The first-order valence-electron chi connectivity index (χ1n) is 7.28. The van der Waals surface area contributed by atoms with Crippen LogP contribution in [0.2, 0.25) is 0 Å². The van der Waals surface area contributed by atoms with E-state index in [-0.39, 0.29) is 18.8 Å². The Balaban J connectivity index is 2.81. The summed E-state index contributed by atoms with van der Waals surface area (Å²) in [5.74, 6) is 0.571. The zero-order valence-corrected chi connectivity index (χ0v) is 15.3. The molecular formula is C14H24N2O5S2. The van der Waals surface area contributed by atoms with Crippen LogP contribution in [0, 0.1) is 0 Å². The van der Waals surface area contributed by atoms with Gasteiger partial charge >= 0.3 is 0 Å². The van der Waals surface area contributed by atoms with Crippen molar-refractivity contribution in [3.05, 3.63) is 24.3 Å². The van der Waals surface area contributed by atoms with Crippen molar-refractivity contribution in [2.45, 2.75) is 19.8 Å².